The molecule has 3 rings (SSSR count). The van der Waals surface area contributed by atoms with Crippen molar-refractivity contribution in [2.75, 3.05) is 5.17 Å². The Morgan fingerprint density at radius 1 is 1.00 bits per heavy atom. The van der Waals surface area contributed by atoms with Crippen molar-refractivity contribution in [3.05, 3.63) is 64.6 Å². The molecule has 0 spiro atoms. The van der Waals surface area contributed by atoms with E-state index in [1.807, 2.05) is 54.6 Å². The van der Waals surface area contributed by atoms with Gasteiger partial charge in [-0.15, -0.1) is 5.17 Å². The molecule has 90 valence electrons. The summed E-state index contributed by atoms with van der Waals surface area (Å²) in [5.41, 5.74) is 2.01. The van der Waals surface area contributed by atoms with Crippen molar-refractivity contribution >= 4 is 27.8 Å². The lowest BCUT2D eigenvalue weighted by atomic mass is 10.1. The Bertz CT molecular complexity index is 554. The second-order valence-electron chi connectivity index (χ2n) is 3.95. The van der Waals surface area contributed by atoms with Gasteiger partial charge in [0, 0.05) is 4.47 Å². The lowest BCUT2D eigenvalue weighted by molar-refractivity contribution is 0.0985. The standard InChI is InChI=1S/C14H11BrN2O/c15-12-6-8-13(9-7-12)17-16-10-14(18-17)11-4-2-1-3-5-11/h1-10,14H. The van der Waals surface area contributed by atoms with Gasteiger partial charge in [0.15, 0.2) is 0 Å². The van der Waals surface area contributed by atoms with Gasteiger partial charge in [0.1, 0.15) is 6.10 Å². The molecule has 18 heavy (non-hydrogen) atoms. The predicted octanol–water partition coefficient (Wildman–Crippen LogP) is 3.93. The van der Waals surface area contributed by atoms with E-state index in [2.05, 4.69) is 21.0 Å². The van der Waals surface area contributed by atoms with Crippen LogP contribution in [0.15, 0.2) is 64.2 Å². The van der Waals surface area contributed by atoms with Crippen LogP contribution < -0.4 is 5.17 Å². The zero-order valence-electron chi connectivity index (χ0n) is 9.53. The molecule has 0 saturated heterocycles. The summed E-state index contributed by atoms with van der Waals surface area (Å²) in [4.78, 5) is 5.77. The van der Waals surface area contributed by atoms with Gasteiger partial charge in [0.25, 0.3) is 0 Å². The fourth-order valence-corrected chi connectivity index (χ4v) is 2.03. The summed E-state index contributed by atoms with van der Waals surface area (Å²) in [6, 6.07) is 17.9. The number of nitrogens with zero attached hydrogens (tertiary/aromatic N) is 2. The summed E-state index contributed by atoms with van der Waals surface area (Å²) >= 11 is 3.40. The minimum Gasteiger partial charge on any atom is -0.238 e. The minimum absolute atomic E-state index is 0.116. The summed E-state index contributed by atoms with van der Waals surface area (Å²) < 4.78 is 1.04. The van der Waals surface area contributed by atoms with Crippen molar-refractivity contribution in [1.29, 1.82) is 0 Å². The Morgan fingerprint density at radius 2 is 1.72 bits per heavy atom. The molecule has 0 bridgehead atoms. The lowest BCUT2D eigenvalue weighted by Gasteiger charge is -2.15. The Morgan fingerprint density at radius 3 is 2.44 bits per heavy atom. The van der Waals surface area contributed by atoms with Crippen LogP contribution in [0.3, 0.4) is 0 Å². The Kier molecular flexibility index (Phi) is 3.13. The monoisotopic (exact) mass is 302 g/mol. The van der Waals surface area contributed by atoms with E-state index in [0.717, 1.165) is 15.7 Å². The largest absolute Gasteiger partial charge is 0.238 e. The second-order valence-corrected chi connectivity index (χ2v) is 4.87. The van der Waals surface area contributed by atoms with Crippen molar-refractivity contribution in [1.82, 2.24) is 0 Å². The maximum Gasteiger partial charge on any atom is 0.150 e. The van der Waals surface area contributed by atoms with Crippen molar-refractivity contribution in [3.63, 3.8) is 0 Å². The van der Waals surface area contributed by atoms with Gasteiger partial charge in [0.05, 0.1) is 11.9 Å². The van der Waals surface area contributed by atoms with E-state index >= 15 is 0 Å². The smallest absolute Gasteiger partial charge is 0.150 e. The predicted molar refractivity (Wildman–Crippen MR) is 75.4 cm³/mol. The van der Waals surface area contributed by atoms with Crippen LogP contribution in [-0.2, 0) is 4.84 Å². The highest BCUT2D eigenvalue weighted by Crippen LogP contribution is 2.27. The van der Waals surface area contributed by atoms with E-state index in [1.54, 1.807) is 11.4 Å². The van der Waals surface area contributed by atoms with Crippen LogP contribution in [0.2, 0.25) is 0 Å². The molecule has 2 aromatic rings. The normalized spacial score (nSPS) is 18.3. The van der Waals surface area contributed by atoms with Crippen molar-refractivity contribution < 1.29 is 4.84 Å². The van der Waals surface area contributed by atoms with Crippen LogP contribution >= 0.6 is 15.9 Å². The van der Waals surface area contributed by atoms with E-state index in [0.29, 0.717) is 0 Å². The number of halogens is 1. The molecule has 0 aliphatic carbocycles. The van der Waals surface area contributed by atoms with Gasteiger partial charge in [-0.3, -0.25) is 0 Å². The van der Waals surface area contributed by atoms with Gasteiger partial charge in [-0.25, -0.2) is 4.84 Å². The number of rotatable bonds is 2. The van der Waals surface area contributed by atoms with Crippen molar-refractivity contribution in [3.8, 4) is 0 Å². The topological polar surface area (TPSA) is 24.8 Å². The fraction of sp³-hybridized carbons (Fsp3) is 0.0714. The highest BCUT2D eigenvalue weighted by Gasteiger charge is 2.21. The van der Waals surface area contributed by atoms with E-state index in [1.165, 1.54) is 0 Å². The number of anilines is 1. The molecule has 4 heteroatoms. The summed E-state index contributed by atoms with van der Waals surface area (Å²) in [5, 5.41) is 5.81. The van der Waals surface area contributed by atoms with E-state index in [-0.39, 0.29) is 6.10 Å². The van der Waals surface area contributed by atoms with Gasteiger partial charge >= 0.3 is 0 Å². The molecule has 1 heterocycles. The first-order valence-electron chi connectivity index (χ1n) is 5.64. The molecule has 0 radical (unpaired) electrons. The van der Waals surface area contributed by atoms with Gasteiger partial charge in [0.2, 0.25) is 0 Å². The summed E-state index contributed by atoms with van der Waals surface area (Å²) in [5.74, 6) is 0. The molecule has 2 aromatic carbocycles. The zero-order valence-corrected chi connectivity index (χ0v) is 11.1. The van der Waals surface area contributed by atoms with Gasteiger partial charge in [-0.05, 0) is 29.8 Å². The summed E-state index contributed by atoms with van der Waals surface area (Å²) in [6.07, 6.45) is 1.69. The molecule has 0 saturated carbocycles. The number of hydrazone groups is 1. The Labute approximate surface area is 114 Å². The summed E-state index contributed by atoms with van der Waals surface area (Å²) in [6.45, 7) is 0. The number of benzene rings is 2. The number of hydrogen-bond acceptors (Lipinski definition) is 3. The quantitative estimate of drug-likeness (QED) is 0.840. The molecule has 1 atom stereocenters. The van der Waals surface area contributed by atoms with Gasteiger partial charge in [-0.2, -0.15) is 5.10 Å². The van der Waals surface area contributed by atoms with Crippen LogP contribution in [0.5, 0.6) is 0 Å². The first-order valence-corrected chi connectivity index (χ1v) is 6.44. The van der Waals surface area contributed by atoms with Crippen LogP contribution in [0.25, 0.3) is 0 Å². The molecule has 1 unspecified atom stereocenters. The maximum absolute atomic E-state index is 5.77. The molecule has 0 fully saturated rings. The molecular formula is C14H11BrN2O. The maximum atomic E-state index is 5.77. The molecular weight excluding hydrogens is 292 g/mol. The highest BCUT2D eigenvalue weighted by molar-refractivity contribution is 9.10. The number of hydrogen-bond donors (Lipinski definition) is 0. The third kappa shape index (κ3) is 2.30. The highest BCUT2D eigenvalue weighted by atomic mass is 79.9. The van der Waals surface area contributed by atoms with E-state index in [4.69, 9.17) is 4.84 Å². The molecule has 1 aliphatic heterocycles. The van der Waals surface area contributed by atoms with Crippen molar-refractivity contribution in [2.45, 2.75) is 6.10 Å². The third-order valence-corrected chi connectivity index (χ3v) is 3.22. The second kappa shape index (κ2) is 4.92. The van der Waals surface area contributed by atoms with Crippen LogP contribution in [0.1, 0.15) is 11.7 Å². The summed E-state index contributed by atoms with van der Waals surface area (Å²) in [7, 11) is 0. The van der Waals surface area contributed by atoms with Crippen LogP contribution in [-0.4, -0.2) is 6.21 Å². The SMILES string of the molecule is Brc1ccc(N2N=CC(c3ccccc3)O2)cc1. The van der Waals surface area contributed by atoms with Crippen LogP contribution in [0, 0.1) is 0 Å². The zero-order chi connectivity index (χ0) is 12.4. The molecule has 3 nitrogen and oxygen atoms in total. The third-order valence-electron chi connectivity index (χ3n) is 2.70. The van der Waals surface area contributed by atoms with Crippen LogP contribution in [0.4, 0.5) is 5.69 Å². The molecule has 0 aromatic heterocycles. The Hall–Kier alpha value is -1.65. The average molecular weight is 303 g/mol. The Balaban J connectivity index is 1.77. The minimum atomic E-state index is -0.116. The lowest BCUT2D eigenvalue weighted by Crippen LogP contribution is -2.13. The van der Waals surface area contributed by atoms with E-state index in [9.17, 15) is 0 Å². The van der Waals surface area contributed by atoms with E-state index < -0.39 is 0 Å². The molecule has 0 amide bonds. The first-order chi connectivity index (χ1) is 8.83. The molecule has 0 N–H and O–H groups in total. The fourth-order valence-electron chi connectivity index (χ4n) is 1.77. The first kappa shape index (κ1) is 11.4. The van der Waals surface area contributed by atoms with Gasteiger partial charge < -0.3 is 0 Å². The average Bonchev–Trinajstić information content (AvgIpc) is 2.90. The van der Waals surface area contributed by atoms with Crippen molar-refractivity contribution in [2.24, 2.45) is 5.10 Å². The van der Waals surface area contributed by atoms with Gasteiger partial charge in [-0.1, -0.05) is 46.3 Å². The molecule has 1 aliphatic rings.